The molecule has 1 N–H and O–H groups in total. The summed E-state index contributed by atoms with van der Waals surface area (Å²) in [6.07, 6.45) is -0.961. The Labute approximate surface area is 315 Å². The van der Waals surface area contributed by atoms with Crippen molar-refractivity contribution in [2.75, 3.05) is 27.4 Å². The first kappa shape index (κ1) is 40.6. The lowest BCUT2D eigenvalue weighted by Crippen LogP contribution is -2.41. The highest BCUT2D eigenvalue weighted by Crippen LogP contribution is 2.55. The largest absolute Gasteiger partial charge is 0.497 e. The highest BCUT2D eigenvalue weighted by Gasteiger charge is 2.48. The second-order valence-electron chi connectivity index (χ2n) is 13.6. The highest BCUT2D eigenvalue weighted by molar-refractivity contribution is 7.51. The zero-order chi connectivity index (χ0) is 39.0. The fourth-order valence-electron chi connectivity index (χ4n) is 6.91. The van der Waals surface area contributed by atoms with Crippen molar-refractivity contribution in [1.82, 2.24) is 14.2 Å². The van der Waals surface area contributed by atoms with E-state index < -0.39 is 43.0 Å². The van der Waals surface area contributed by atoms with E-state index >= 15 is 0 Å². The van der Waals surface area contributed by atoms with Gasteiger partial charge < -0.3 is 18.9 Å². The van der Waals surface area contributed by atoms with E-state index in [-0.39, 0.29) is 38.1 Å². The van der Waals surface area contributed by atoms with Crippen molar-refractivity contribution in [3.05, 3.63) is 128 Å². The first-order chi connectivity index (χ1) is 25.9. The SMILES string of the molecule is COc1ccc(C(O[C@H]2C[C@H](n3cc(C)c(=O)[nH]c3=O)O[C@@H]2CO[P@@](=O)(OCCC#N)N(C(C)C)C(C)C)(c2ccccc2)c2ccc(OC)cc2)cc1. The van der Waals surface area contributed by atoms with Crippen LogP contribution in [-0.4, -0.2) is 65.9 Å². The number of ether oxygens (including phenoxy) is 4. The Kier molecular flexibility index (Phi) is 13.3. The van der Waals surface area contributed by atoms with Crippen LogP contribution in [-0.2, 0) is 28.7 Å². The number of nitrogens with one attached hydrogen (secondary N) is 1. The van der Waals surface area contributed by atoms with Gasteiger partial charge in [-0.05, 0) is 75.6 Å². The number of nitriles is 1. The van der Waals surface area contributed by atoms with Crippen molar-refractivity contribution < 1.29 is 32.6 Å². The minimum Gasteiger partial charge on any atom is -0.497 e. The number of methoxy groups -OCH3 is 2. The van der Waals surface area contributed by atoms with Gasteiger partial charge in [-0.15, -0.1) is 0 Å². The molecule has 5 rings (SSSR count). The Morgan fingerprint density at radius 1 is 0.907 bits per heavy atom. The van der Waals surface area contributed by atoms with Gasteiger partial charge in [0.25, 0.3) is 5.56 Å². The molecule has 1 fully saturated rings. The smallest absolute Gasteiger partial charge is 0.408 e. The number of hydrogen-bond acceptors (Lipinski definition) is 10. The quantitative estimate of drug-likeness (QED) is 0.0695. The Morgan fingerprint density at radius 2 is 1.46 bits per heavy atom. The predicted molar refractivity (Wildman–Crippen MR) is 204 cm³/mol. The van der Waals surface area contributed by atoms with Crippen LogP contribution in [0.2, 0.25) is 0 Å². The van der Waals surface area contributed by atoms with E-state index in [1.807, 2.05) is 113 Å². The lowest BCUT2D eigenvalue weighted by Gasteiger charge is -2.40. The van der Waals surface area contributed by atoms with Crippen LogP contribution in [0.3, 0.4) is 0 Å². The molecule has 3 aromatic carbocycles. The molecule has 288 valence electrons. The number of nitrogens with zero attached hydrogens (tertiary/aromatic N) is 3. The summed E-state index contributed by atoms with van der Waals surface area (Å²) in [5.41, 5.74) is 0.269. The van der Waals surface area contributed by atoms with Gasteiger partial charge in [0, 0.05) is 30.3 Å². The van der Waals surface area contributed by atoms with E-state index in [0.29, 0.717) is 17.1 Å². The molecule has 0 saturated carbocycles. The van der Waals surface area contributed by atoms with Crippen LogP contribution in [0.15, 0.2) is 94.6 Å². The van der Waals surface area contributed by atoms with E-state index in [9.17, 15) is 19.4 Å². The van der Waals surface area contributed by atoms with E-state index in [4.69, 9.17) is 28.0 Å². The van der Waals surface area contributed by atoms with Crippen LogP contribution in [0, 0.1) is 18.3 Å². The van der Waals surface area contributed by atoms with Crippen LogP contribution in [0.5, 0.6) is 11.5 Å². The van der Waals surface area contributed by atoms with Crippen molar-refractivity contribution in [2.24, 2.45) is 0 Å². The Bertz CT molecular complexity index is 1990. The number of benzene rings is 3. The normalized spacial score (nSPS) is 18.5. The zero-order valence-corrected chi connectivity index (χ0v) is 32.7. The van der Waals surface area contributed by atoms with Crippen LogP contribution >= 0.6 is 7.75 Å². The van der Waals surface area contributed by atoms with Crippen molar-refractivity contribution >= 4 is 7.75 Å². The molecule has 1 saturated heterocycles. The van der Waals surface area contributed by atoms with Crippen molar-refractivity contribution in [3.63, 3.8) is 0 Å². The summed E-state index contributed by atoms with van der Waals surface area (Å²) in [6, 6.07) is 26.5. The van der Waals surface area contributed by atoms with Crippen LogP contribution in [0.25, 0.3) is 0 Å². The first-order valence-electron chi connectivity index (χ1n) is 17.9. The average molecular weight is 761 g/mol. The highest BCUT2D eigenvalue weighted by atomic mass is 31.2. The molecular weight excluding hydrogens is 711 g/mol. The van der Waals surface area contributed by atoms with Gasteiger partial charge in [0.05, 0.1) is 46.0 Å². The van der Waals surface area contributed by atoms with Crippen LogP contribution < -0.4 is 20.7 Å². The molecule has 0 aliphatic carbocycles. The van der Waals surface area contributed by atoms with Gasteiger partial charge in [0.15, 0.2) is 0 Å². The average Bonchev–Trinajstić information content (AvgIpc) is 3.56. The van der Waals surface area contributed by atoms with E-state index in [1.165, 1.54) is 10.8 Å². The molecule has 1 aliphatic rings. The number of H-pyrrole nitrogens is 1. The maximum Gasteiger partial charge on any atom is 0.408 e. The first-order valence-corrected chi connectivity index (χ1v) is 19.4. The molecule has 0 amide bonds. The Morgan fingerprint density at radius 3 is 1.98 bits per heavy atom. The van der Waals surface area contributed by atoms with Crippen molar-refractivity contribution in [3.8, 4) is 17.6 Å². The number of rotatable bonds is 17. The van der Waals surface area contributed by atoms with Gasteiger partial charge in [-0.25, -0.2) is 14.0 Å². The lowest BCUT2D eigenvalue weighted by atomic mass is 9.79. The molecule has 0 spiro atoms. The standard InChI is InChI=1S/C40H49N4O9P/c1-27(2)44(28(3)4)54(47,50-23-11-22-41)51-26-36-35(24-37(52-36)43-25-29(5)38(45)42-39(43)46)53-40(30-12-9-8-10-13-30,31-14-18-33(48-6)19-15-31)32-16-20-34(49-7)21-17-32/h8-10,12-21,25,27-28,35-37H,11,23-24,26H2,1-7H3,(H,42,45,46)/t35-,36+,37+,54-/m0/s1. The summed E-state index contributed by atoms with van der Waals surface area (Å²) in [7, 11) is -0.806. The molecule has 0 bridgehead atoms. The zero-order valence-electron chi connectivity index (χ0n) is 31.8. The molecule has 4 atom stereocenters. The molecule has 1 aromatic heterocycles. The molecule has 13 nitrogen and oxygen atoms in total. The summed E-state index contributed by atoms with van der Waals surface area (Å²) in [5, 5.41) is 9.23. The van der Waals surface area contributed by atoms with Gasteiger partial charge in [-0.2, -0.15) is 5.26 Å². The summed E-state index contributed by atoms with van der Waals surface area (Å²) in [6.45, 7) is 8.81. The van der Waals surface area contributed by atoms with Gasteiger partial charge in [0.2, 0.25) is 0 Å². The third-order valence-electron chi connectivity index (χ3n) is 9.35. The van der Waals surface area contributed by atoms with Crippen LogP contribution in [0.1, 0.15) is 69.0 Å². The topological polar surface area (TPSA) is 154 Å². The molecule has 1 aliphatic heterocycles. The van der Waals surface area contributed by atoms with Crippen molar-refractivity contribution in [2.45, 2.75) is 83.6 Å². The van der Waals surface area contributed by atoms with Gasteiger partial charge >= 0.3 is 13.4 Å². The summed E-state index contributed by atoms with van der Waals surface area (Å²) in [5.74, 6) is 1.32. The Hall–Kier alpha value is -4.54. The van der Waals surface area contributed by atoms with E-state index in [0.717, 1.165) is 16.7 Å². The Balaban J connectivity index is 1.66. The van der Waals surface area contributed by atoms with Gasteiger partial charge in [0.1, 0.15) is 29.4 Å². The third kappa shape index (κ3) is 8.71. The number of aryl methyl sites for hydroxylation is 1. The number of aromatic nitrogens is 2. The third-order valence-corrected chi connectivity index (χ3v) is 11.8. The summed E-state index contributed by atoms with van der Waals surface area (Å²) < 4.78 is 54.8. The maximum atomic E-state index is 14.6. The number of hydrogen-bond donors (Lipinski definition) is 1. The molecule has 4 aromatic rings. The number of aromatic amines is 1. The minimum atomic E-state index is -4.01. The predicted octanol–water partition coefficient (Wildman–Crippen LogP) is 6.70. The van der Waals surface area contributed by atoms with E-state index in [1.54, 1.807) is 25.8 Å². The summed E-state index contributed by atoms with van der Waals surface area (Å²) >= 11 is 0. The lowest BCUT2D eigenvalue weighted by molar-refractivity contribution is -0.0987. The van der Waals surface area contributed by atoms with E-state index in [2.05, 4.69) is 4.98 Å². The minimum absolute atomic E-state index is 0.0168. The second-order valence-corrected chi connectivity index (χ2v) is 15.5. The van der Waals surface area contributed by atoms with Crippen LogP contribution in [0.4, 0.5) is 0 Å². The van der Waals surface area contributed by atoms with Gasteiger partial charge in [-0.1, -0.05) is 54.6 Å². The molecule has 2 heterocycles. The molecule has 0 unspecified atom stereocenters. The fourth-order valence-corrected chi connectivity index (χ4v) is 9.04. The second kappa shape index (κ2) is 17.7. The summed E-state index contributed by atoms with van der Waals surface area (Å²) in [4.78, 5) is 27.9. The molecule has 14 heteroatoms. The van der Waals surface area contributed by atoms with Crippen molar-refractivity contribution in [1.29, 1.82) is 5.26 Å². The monoisotopic (exact) mass is 760 g/mol. The van der Waals surface area contributed by atoms with Gasteiger partial charge in [-0.3, -0.25) is 23.4 Å². The molecule has 54 heavy (non-hydrogen) atoms. The molecular formula is C40H49N4O9P. The maximum absolute atomic E-state index is 14.6. The fraction of sp³-hybridized carbons (Fsp3) is 0.425. The molecule has 0 radical (unpaired) electrons.